The first-order chi connectivity index (χ1) is 7.70. The highest BCUT2D eigenvalue weighted by Gasteiger charge is 2.16. The van der Waals surface area contributed by atoms with E-state index in [-0.39, 0.29) is 6.04 Å². The van der Waals surface area contributed by atoms with E-state index in [1.165, 1.54) is 6.07 Å². The molecule has 0 saturated carbocycles. The zero-order valence-electron chi connectivity index (χ0n) is 9.47. The molecule has 1 aromatic carbocycles. The van der Waals surface area contributed by atoms with Crippen LogP contribution in [-0.4, -0.2) is 6.54 Å². The third kappa shape index (κ3) is 3.14. The minimum atomic E-state index is -0.801. The molecule has 88 valence electrons. The molecule has 1 atom stereocenters. The Bertz CT molecular complexity index is 350. The number of rotatable bonds is 6. The predicted octanol–water partition coefficient (Wildman–Crippen LogP) is 3.58. The first-order valence-electron chi connectivity index (χ1n) is 5.48. The summed E-state index contributed by atoms with van der Waals surface area (Å²) >= 11 is 0. The maximum atomic E-state index is 13.6. The summed E-state index contributed by atoms with van der Waals surface area (Å²) in [5, 5.41) is 3.18. The number of benzene rings is 1. The lowest BCUT2D eigenvalue weighted by Crippen LogP contribution is -2.22. The second-order valence-corrected chi connectivity index (χ2v) is 3.67. The molecule has 1 N–H and O–H groups in total. The molecule has 0 saturated heterocycles. The molecular formula is C13H17F2N. The van der Waals surface area contributed by atoms with Crippen molar-refractivity contribution < 1.29 is 8.78 Å². The number of halogens is 2. The van der Waals surface area contributed by atoms with Crippen molar-refractivity contribution in [3.63, 3.8) is 0 Å². The summed E-state index contributed by atoms with van der Waals surface area (Å²) in [4.78, 5) is 0. The van der Waals surface area contributed by atoms with E-state index in [1.54, 1.807) is 12.1 Å². The van der Waals surface area contributed by atoms with E-state index >= 15 is 0 Å². The molecule has 0 amide bonds. The lowest BCUT2D eigenvalue weighted by atomic mass is 10.0. The SMILES string of the molecule is C=CCC(NCCC)c1cccc(F)c1F. The van der Waals surface area contributed by atoms with Gasteiger partial charge in [0.25, 0.3) is 0 Å². The summed E-state index contributed by atoms with van der Waals surface area (Å²) in [6, 6.07) is 4.06. The van der Waals surface area contributed by atoms with E-state index in [0.29, 0.717) is 12.0 Å². The fraction of sp³-hybridized carbons (Fsp3) is 0.385. The van der Waals surface area contributed by atoms with Crippen molar-refractivity contribution in [2.24, 2.45) is 0 Å². The van der Waals surface area contributed by atoms with E-state index in [9.17, 15) is 8.78 Å². The van der Waals surface area contributed by atoms with Gasteiger partial charge in [0.05, 0.1) is 0 Å². The van der Waals surface area contributed by atoms with Crippen LogP contribution in [0.2, 0.25) is 0 Å². The molecule has 0 aliphatic carbocycles. The monoisotopic (exact) mass is 225 g/mol. The molecule has 0 aliphatic heterocycles. The van der Waals surface area contributed by atoms with Gasteiger partial charge in [-0.3, -0.25) is 0 Å². The van der Waals surface area contributed by atoms with Crippen LogP contribution < -0.4 is 5.32 Å². The quantitative estimate of drug-likeness (QED) is 0.730. The van der Waals surface area contributed by atoms with Crippen LogP contribution in [0.4, 0.5) is 8.78 Å². The summed E-state index contributed by atoms with van der Waals surface area (Å²) in [6.07, 6.45) is 3.24. The Kier molecular flexibility index (Phi) is 5.12. The molecule has 3 heteroatoms. The van der Waals surface area contributed by atoms with Crippen molar-refractivity contribution in [1.29, 1.82) is 0 Å². The van der Waals surface area contributed by atoms with Gasteiger partial charge in [0.15, 0.2) is 11.6 Å². The Labute approximate surface area is 95.2 Å². The normalized spacial score (nSPS) is 12.4. The molecule has 0 aromatic heterocycles. The lowest BCUT2D eigenvalue weighted by molar-refractivity contribution is 0.462. The number of hydrogen-bond acceptors (Lipinski definition) is 1. The summed E-state index contributed by atoms with van der Waals surface area (Å²) in [7, 11) is 0. The maximum absolute atomic E-state index is 13.6. The van der Waals surface area contributed by atoms with E-state index in [0.717, 1.165) is 19.0 Å². The number of hydrogen-bond donors (Lipinski definition) is 1. The minimum Gasteiger partial charge on any atom is -0.310 e. The van der Waals surface area contributed by atoms with Crippen molar-refractivity contribution in [1.82, 2.24) is 5.32 Å². The highest BCUT2D eigenvalue weighted by atomic mass is 19.2. The Hall–Kier alpha value is -1.22. The molecule has 1 nitrogen and oxygen atoms in total. The summed E-state index contributed by atoms with van der Waals surface area (Å²) in [5.74, 6) is -1.57. The first-order valence-corrected chi connectivity index (χ1v) is 5.48. The van der Waals surface area contributed by atoms with Crippen molar-refractivity contribution >= 4 is 0 Å². The highest BCUT2D eigenvalue weighted by molar-refractivity contribution is 5.23. The summed E-state index contributed by atoms with van der Waals surface area (Å²) < 4.78 is 26.6. The Morgan fingerprint density at radius 1 is 1.44 bits per heavy atom. The minimum absolute atomic E-state index is 0.201. The van der Waals surface area contributed by atoms with Gasteiger partial charge >= 0.3 is 0 Å². The van der Waals surface area contributed by atoms with Crippen LogP contribution in [0.1, 0.15) is 31.4 Å². The molecule has 1 rings (SSSR count). The predicted molar refractivity (Wildman–Crippen MR) is 62.2 cm³/mol. The smallest absolute Gasteiger partial charge is 0.163 e. The van der Waals surface area contributed by atoms with Gasteiger partial charge in [-0.2, -0.15) is 0 Å². The average Bonchev–Trinajstić information content (AvgIpc) is 2.28. The van der Waals surface area contributed by atoms with Crippen LogP contribution in [0.3, 0.4) is 0 Å². The largest absolute Gasteiger partial charge is 0.310 e. The molecule has 1 unspecified atom stereocenters. The van der Waals surface area contributed by atoms with Crippen LogP contribution >= 0.6 is 0 Å². The van der Waals surface area contributed by atoms with Crippen molar-refractivity contribution in [2.75, 3.05) is 6.54 Å². The zero-order valence-corrected chi connectivity index (χ0v) is 9.47. The fourth-order valence-corrected chi connectivity index (χ4v) is 1.60. The topological polar surface area (TPSA) is 12.0 Å². The van der Waals surface area contributed by atoms with Gasteiger partial charge < -0.3 is 5.32 Å². The van der Waals surface area contributed by atoms with Gasteiger partial charge in [0.1, 0.15) is 0 Å². The van der Waals surface area contributed by atoms with Gasteiger partial charge in [-0.05, 0) is 25.5 Å². The molecule has 0 bridgehead atoms. The molecular weight excluding hydrogens is 208 g/mol. The van der Waals surface area contributed by atoms with E-state index in [4.69, 9.17) is 0 Å². The second-order valence-electron chi connectivity index (χ2n) is 3.67. The van der Waals surface area contributed by atoms with Crippen LogP contribution in [-0.2, 0) is 0 Å². The Balaban J connectivity index is 2.91. The van der Waals surface area contributed by atoms with Gasteiger partial charge in [-0.1, -0.05) is 25.1 Å². The van der Waals surface area contributed by atoms with E-state index in [2.05, 4.69) is 11.9 Å². The highest BCUT2D eigenvalue weighted by Crippen LogP contribution is 2.22. The maximum Gasteiger partial charge on any atom is 0.163 e. The molecule has 0 radical (unpaired) electrons. The van der Waals surface area contributed by atoms with Gasteiger partial charge in [-0.15, -0.1) is 6.58 Å². The summed E-state index contributed by atoms with van der Waals surface area (Å²) in [6.45, 7) is 6.43. The third-order valence-electron chi connectivity index (χ3n) is 2.40. The van der Waals surface area contributed by atoms with Crippen molar-refractivity contribution in [2.45, 2.75) is 25.8 Å². The van der Waals surface area contributed by atoms with Crippen LogP contribution in [0, 0.1) is 11.6 Å². The van der Waals surface area contributed by atoms with Gasteiger partial charge in [0.2, 0.25) is 0 Å². The van der Waals surface area contributed by atoms with Crippen LogP contribution in [0.25, 0.3) is 0 Å². The standard InChI is InChI=1S/C13H17F2N/c1-3-6-12(16-9-4-2)10-7-5-8-11(14)13(10)15/h3,5,7-8,12,16H,1,4,6,9H2,2H3. The average molecular weight is 225 g/mol. The third-order valence-corrected chi connectivity index (χ3v) is 2.40. The molecule has 16 heavy (non-hydrogen) atoms. The first kappa shape index (κ1) is 12.8. The summed E-state index contributed by atoms with van der Waals surface area (Å²) in [5.41, 5.74) is 0.369. The van der Waals surface area contributed by atoms with Gasteiger partial charge in [-0.25, -0.2) is 8.78 Å². The Morgan fingerprint density at radius 2 is 2.19 bits per heavy atom. The number of nitrogens with one attached hydrogen (secondary N) is 1. The van der Waals surface area contributed by atoms with Gasteiger partial charge in [0, 0.05) is 11.6 Å². The van der Waals surface area contributed by atoms with Crippen LogP contribution in [0.15, 0.2) is 30.9 Å². The molecule has 0 heterocycles. The van der Waals surface area contributed by atoms with Crippen molar-refractivity contribution in [3.05, 3.63) is 48.1 Å². The molecule has 0 fully saturated rings. The van der Waals surface area contributed by atoms with Crippen LogP contribution in [0.5, 0.6) is 0 Å². The van der Waals surface area contributed by atoms with E-state index < -0.39 is 11.6 Å². The molecule has 0 spiro atoms. The zero-order chi connectivity index (χ0) is 12.0. The second kappa shape index (κ2) is 6.38. The lowest BCUT2D eigenvalue weighted by Gasteiger charge is -2.18. The fourth-order valence-electron chi connectivity index (χ4n) is 1.60. The van der Waals surface area contributed by atoms with Crippen molar-refractivity contribution in [3.8, 4) is 0 Å². The molecule has 0 aliphatic rings. The van der Waals surface area contributed by atoms with E-state index in [1.807, 2.05) is 6.92 Å². The Morgan fingerprint density at radius 3 is 2.81 bits per heavy atom. The molecule has 1 aromatic rings.